The number of hydrogen-bond donors (Lipinski definition) is 1. The SMILES string of the molecule is CCNC(Cc1ncnn1CC)C1CC1(C)C. The lowest BCUT2D eigenvalue weighted by Crippen LogP contribution is -2.35. The topological polar surface area (TPSA) is 42.7 Å². The van der Waals surface area contributed by atoms with E-state index in [9.17, 15) is 0 Å². The largest absolute Gasteiger partial charge is 0.314 e. The summed E-state index contributed by atoms with van der Waals surface area (Å²) in [5.74, 6) is 1.89. The van der Waals surface area contributed by atoms with E-state index in [0.717, 1.165) is 31.3 Å². The summed E-state index contributed by atoms with van der Waals surface area (Å²) in [6, 6.07) is 0.546. The van der Waals surface area contributed by atoms with Crippen LogP contribution in [0.5, 0.6) is 0 Å². The average Bonchev–Trinajstić information content (AvgIpc) is 2.74. The maximum absolute atomic E-state index is 4.38. The van der Waals surface area contributed by atoms with Crippen molar-refractivity contribution in [2.45, 2.75) is 53.1 Å². The van der Waals surface area contributed by atoms with E-state index in [1.165, 1.54) is 6.42 Å². The monoisotopic (exact) mass is 236 g/mol. The minimum atomic E-state index is 0.504. The molecule has 4 heteroatoms. The Labute approximate surface area is 104 Å². The highest BCUT2D eigenvalue weighted by atomic mass is 15.3. The lowest BCUT2D eigenvalue weighted by molar-refractivity contribution is 0.397. The molecule has 0 bridgehead atoms. The Balaban J connectivity index is 2.03. The lowest BCUT2D eigenvalue weighted by atomic mass is 10.0. The van der Waals surface area contributed by atoms with E-state index in [2.05, 4.69) is 43.1 Å². The van der Waals surface area contributed by atoms with Crippen LogP contribution in [0.15, 0.2) is 6.33 Å². The number of aryl methyl sites for hydroxylation is 1. The standard InChI is InChI=1S/C13H24N4/c1-5-14-11(10-8-13(10,3)4)7-12-15-9-16-17(12)6-2/h9-11,14H,5-8H2,1-4H3. The molecule has 1 aliphatic carbocycles. The first kappa shape index (κ1) is 12.6. The summed E-state index contributed by atoms with van der Waals surface area (Å²) in [6.07, 6.45) is 3.99. The second-order valence-corrected chi connectivity index (χ2v) is 5.66. The van der Waals surface area contributed by atoms with Gasteiger partial charge in [0.15, 0.2) is 0 Å². The Morgan fingerprint density at radius 1 is 1.53 bits per heavy atom. The van der Waals surface area contributed by atoms with Gasteiger partial charge < -0.3 is 5.32 Å². The van der Waals surface area contributed by atoms with Crippen molar-refractivity contribution in [1.82, 2.24) is 20.1 Å². The highest BCUT2D eigenvalue weighted by Gasteiger charge is 2.49. The molecule has 1 aromatic rings. The molecule has 4 nitrogen and oxygen atoms in total. The quantitative estimate of drug-likeness (QED) is 0.820. The van der Waals surface area contributed by atoms with E-state index < -0.39 is 0 Å². The predicted octanol–water partition coefficient (Wildman–Crippen LogP) is 1.86. The Hall–Kier alpha value is -0.900. The number of likely N-dealkylation sites (N-methyl/N-ethyl adjacent to an activating group) is 1. The van der Waals surface area contributed by atoms with Gasteiger partial charge in [-0.3, -0.25) is 4.68 Å². The smallest absolute Gasteiger partial charge is 0.138 e. The van der Waals surface area contributed by atoms with Gasteiger partial charge >= 0.3 is 0 Å². The van der Waals surface area contributed by atoms with Crippen molar-refractivity contribution >= 4 is 0 Å². The van der Waals surface area contributed by atoms with Crippen molar-refractivity contribution in [3.8, 4) is 0 Å². The summed E-state index contributed by atoms with van der Waals surface area (Å²) in [5, 5.41) is 7.85. The third-order valence-corrected chi connectivity index (χ3v) is 3.94. The van der Waals surface area contributed by atoms with E-state index >= 15 is 0 Å². The van der Waals surface area contributed by atoms with Gasteiger partial charge in [0, 0.05) is 19.0 Å². The fourth-order valence-electron chi connectivity index (χ4n) is 2.72. The molecule has 17 heavy (non-hydrogen) atoms. The maximum atomic E-state index is 4.38. The first-order valence-corrected chi connectivity index (χ1v) is 6.68. The van der Waals surface area contributed by atoms with Crippen molar-refractivity contribution in [1.29, 1.82) is 0 Å². The van der Waals surface area contributed by atoms with Gasteiger partial charge in [-0.2, -0.15) is 5.10 Å². The van der Waals surface area contributed by atoms with Crippen LogP contribution in [0.2, 0.25) is 0 Å². The summed E-state index contributed by atoms with van der Waals surface area (Å²) >= 11 is 0. The summed E-state index contributed by atoms with van der Waals surface area (Å²) < 4.78 is 2.00. The molecule has 2 unspecified atom stereocenters. The molecule has 1 fully saturated rings. The van der Waals surface area contributed by atoms with Crippen molar-refractivity contribution in [2.24, 2.45) is 11.3 Å². The van der Waals surface area contributed by atoms with Crippen LogP contribution >= 0.6 is 0 Å². The molecule has 0 amide bonds. The molecule has 0 radical (unpaired) electrons. The number of aromatic nitrogens is 3. The Bertz CT molecular complexity index is 369. The lowest BCUT2D eigenvalue weighted by Gasteiger charge is -2.19. The Morgan fingerprint density at radius 3 is 2.76 bits per heavy atom. The molecule has 0 aromatic carbocycles. The molecule has 96 valence electrons. The third kappa shape index (κ3) is 2.68. The molecule has 1 N–H and O–H groups in total. The summed E-state index contributed by atoms with van der Waals surface area (Å²) in [5.41, 5.74) is 0.504. The first-order valence-electron chi connectivity index (χ1n) is 6.68. The van der Waals surface area contributed by atoms with Crippen LogP contribution in [0, 0.1) is 11.3 Å². The molecule has 1 aliphatic rings. The number of hydrogen-bond acceptors (Lipinski definition) is 3. The fraction of sp³-hybridized carbons (Fsp3) is 0.846. The van der Waals surface area contributed by atoms with Crippen molar-refractivity contribution < 1.29 is 0 Å². The molecule has 2 rings (SSSR count). The van der Waals surface area contributed by atoms with Crippen LogP contribution in [-0.4, -0.2) is 27.4 Å². The highest BCUT2D eigenvalue weighted by Crippen LogP contribution is 2.53. The number of nitrogens with one attached hydrogen (secondary N) is 1. The van der Waals surface area contributed by atoms with Gasteiger partial charge in [-0.05, 0) is 31.2 Å². The summed E-state index contributed by atoms with van der Waals surface area (Å²) in [6.45, 7) is 10.9. The molecule has 0 aliphatic heterocycles. The molecule has 2 atom stereocenters. The second kappa shape index (κ2) is 4.77. The van der Waals surface area contributed by atoms with E-state index in [0.29, 0.717) is 11.5 Å². The van der Waals surface area contributed by atoms with Crippen LogP contribution in [0.25, 0.3) is 0 Å². The number of nitrogens with zero attached hydrogens (tertiary/aromatic N) is 3. The zero-order chi connectivity index (χ0) is 12.5. The fourth-order valence-corrected chi connectivity index (χ4v) is 2.72. The van der Waals surface area contributed by atoms with Gasteiger partial charge in [0.25, 0.3) is 0 Å². The third-order valence-electron chi connectivity index (χ3n) is 3.94. The van der Waals surface area contributed by atoms with Crippen molar-refractivity contribution in [3.63, 3.8) is 0 Å². The zero-order valence-corrected chi connectivity index (χ0v) is 11.4. The van der Waals surface area contributed by atoms with E-state index in [1.807, 2.05) is 4.68 Å². The van der Waals surface area contributed by atoms with Gasteiger partial charge in [0.05, 0.1) is 0 Å². The Kier molecular flexibility index (Phi) is 3.52. The van der Waals surface area contributed by atoms with Gasteiger partial charge in [0.1, 0.15) is 12.2 Å². The van der Waals surface area contributed by atoms with Crippen molar-refractivity contribution in [3.05, 3.63) is 12.2 Å². The van der Waals surface area contributed by atoms with Gasteiger partial charge in [0.2, 0.25) is 0 Å². The minimum Gasteiger partial charge on any atom is -0.314 e. The van der Waals surface area contributed by atoms with E-state index in [4.69, 9.17) is 0 Å². The van der Waals surface area contributed by atoms with Crippen LogP contribution < -0.4 is 5.32 Å². The molecular formula is C13H24N4. The van der Waals surface area contributed by atoms with Gasteiger partial charge in [-0.1, -0.05) is 20.8 Å². The average molecular weight is 236 g/mol. The van der Waals surface area contributed by atoms with E-state index in [1.54, 1.807) is 6.33 Å². The normalized spacial score (nSPS) is 23.6. The molecule has 0 saturated heterocycles. The van der Waals surface area contributed by atoms with Crippen LogP contribution in [0.3, 0.4) is 0 Å². The summed E-state index contributed by atoms with van der Waals surface area (Å²) in [4.78, 5) is 4.38. The van der Waals surface area contributed by atoms with E-state index in [-0.39, 0.29) is 0 Å². The van der Waals surface area contributed by atoms with Gasteiger partial charge in [-0.15, -0.1) is 0 Å². The molecule has 1 aromatic heterocycles. The highest BCUT2D eigenvalue weighted by molar-refractivity contribution is 5.05. The molecular weight excluding hydrogens is 212 g/mol. The minimum absolute atomic E-state index is 0.504. The molecule has 1 heterocycles. The van der Waals surface area contributed by atoms with Crippen LogP contribution in [0.1, 0.15) is 39.9 Å². The van der Waals surface area contributed by atoms with Crippen molar-refractivity contribution in [2.75, 3.05) is 6.54 Å². The maximum Gasteiger partial charge on any atom is 0.138 e. The first-order chi connectivity index (χ1) is 8.08. The Morgan fingerprint density at radius 2 is 2.24 bits per heavy atom. The van der Waals surface area contributed by atoms with Crippen LogP contribution in [-0.2, 0) is 13.0 Å². The molecule has 0 spiro atoms. The van der Waals surface area contributed by atoms with Gasteiger partial charge in [-0.25, -0.2) is 4.98 Å². The number of rotatable bonds is 6. The van der Waals surface area contributed by atoms with Crippen LogP contribution in [0.4, 0.5) is 0 Å². The zero-order valence-electron chi connectivity index (χ0n) is 11.4. The molecule has 1 saturated carbocycles. The predicted molar refractivity (Wildman–Crippen MR) is 68.8 cm³/mol. The summed E-state index contributed by atoms with van der Waals surface area (Å²) in [7, 11) is 0. The second-order valence-electron chi connectivity index (χ2n) is 5.66.